The summed E-state index contributed by atoms with van der Waals surface area (Å²) >= 11 is 0. The van der Waals surface area contributed by atoms with E-state index in [9.17, 15) is 0 Å². The third-order valence-electron chi connectivity index (χ3n) is 0.940. The molecule has 0 aliphatic carbocycles. The van der Waals surface area contributed by atoms with Crippen molar-refractivity contribution < 1.29 is 17.7 Å². The van der Waals surface area contributed by atoms with E-state index in [4.69, 9.17) is 16.0 Å². The summed E-state index contributed by atoms with van der Waals surface area (Å²) in [4.78, 5) is 8.12. The Labute approximate surface area is 75.9 Å². The van der Waals surface area contributed by atoms with Crippen LogP contribution in [0.2, 0.25) is 0 Å². The number of hydrogen-bond donors (Lipinski definition) is 3. The lowest BCUT2D eigenvalue weighted by atomic mass is 10.3. The quantitative estimate of drug-likeness (QED) is 0.242. The highest BCUT2D eigenvalue weighted by atomic mass is 35.5. The molecule has 1 aromatic carbocycles. The average Bonchev–Trinajstić information content (AvgIpc) is 2.08. The molecule has 0 aliphatic heterocycles. The Morgan fingerprint density at radius 3 is 2.00 bits per heavy atom. The SMILES string of the molecule is NNc1ccccc1.O=[NH+][O-].[Cl-]. The van der Waals surface area contributed by atoms with Gasteiger partial charge in [0.05, 0.1) is 0 Å². The van der Waals surface area contributed by atoms with Crippen molar-refractivity contribution >= 4 is 5.69 Å². The van der Waals surface area contributed by atoms with Crippen LogP contribution < -0.4 is 29.0 Å². The second-order valence-corrected chi connectivity index (χ2v) is 1.59. The van der Waals surface area contributed by atoms with Gasteiger partial charge in [-0.15, -0.1) is 0 Å². The minimum absolute atomic E-state index is 0. The van der Waals surface area contributed by atoms with E-state index < -0.39 is 0 Å². The largest absolute Gasteiger partial charge is 1.00 e. The van der Waals surface area contributed by atoms with Crippen molar-refractivity contribution in [3.05, 3.63) is 40.4 Å². The summed E-state index contributed by atoms with van der Waals surface area (Å²) in [5, 5.41) is 8.38. The first kappa shape index (κ1) is 13.3. The number of hydrazine groups is 1. The number of nitrogens with one attached hydrogen (secondary N) is 2. The Bertz CT molecular complexity index is 195. The zero-order valence-corrected chi connectivity index (χ0v) is 6.91. The minimum Gasteiger partial charge on any atom is -1.00 e. The van der Waals surface area contributed by atoms with Gasteiger partial charge < -0.3 is 17.8 Å². The van der Waals surface area contributed by atoms with Gasteiger partial charge in [0, 0.05) is 11.0 Å². The Hall–Kier alpha value is -1.33. The second kappa shape index (κ2) is 9.67. The van der Waals surface area contributed by atoms with E-state index >= 15 is 0 Å². The van der Waals surface area contributed by atoms with E-state index in [1.807, 2.05) is 30.3 Å². The van der Waals surface area contributed by atoms with E-state index in [1.165, 1.54) is 0 Å². The molecule has 0 heterocycles. The van der Waals surface area contributed by atoms with Crippen LogP contribution in [0.25, 0.3) is 0 Å². The Balaban J connectivity index is 0. The van der Waals surface area contributed by atoms with Crippen molar-refractivity contribution in [2.45, 2.75) is 0 Å². The fourth-order valence-electron chi connectivity index (χ4n) is 0.534. The zero-order valence-electron chi connectivity index (χ0n) is 6.16. The Morgan fingerprint density at radius 2 is 1.75 bits per heavy atom. The zero-order chi connectivity index (χ0) is 8.53. The lowest BCUT2D eigenvalue weighted by Gasteiger charge is -1.94. The van der Waals surface area contributed by atoms with Crippen LogP contribution in [0.3, 0.4) is 0 Å². The van der Waals surface area contributed by atoms with Crippen LogP contribution >= 0.6 is 0 Å². The highest BCUT2D eigenvalue weighted by Gasteiger charge is 1.78. The number of anilines is 1. The molecule has 0 bridgehead atoms. The van der Waals surface area contributed by atoms with Gasteiger partial charge in [0.15, 0.2) is 0 Å². The molecule has 0 spiro atoms. The van der Waals surface area contributed by atoms with Crippen LogP contribution in [0.1, 0.15) is 0 Å². The van der Waals surface area contributed by atoms with Gasteiger partial charge in [-0.2, -0.15) is 0 Å². The van der Waals surface area contributed by atoms with Gasteiger partial charge in [-0.1, -0.05) is 18.2 Å². The molecule has 0 amide bonds. The van der Waals surface area contributed by atoms with E-state index in [0.29, 0.717) is 0 Å². The lowest BCUT2D eigenvalue weighted by Crippen LogP contribution is -3.00. The summed E-state index contributed by atoms with van der Waals surface area (Å²) in [6, 6.07) is 9.60. The standard InChI is InChI=1S/C6H8N2.ClH.HNO2/c7-8-6-4-2-1-3-5-6;;2-1-3/h1-5,8H,7H2;1H;1H/p-1. The van der Waals surface area contributed by atoms with Crippen LogP contribution in [0.4, 0.5) is 5.69 Å². The van der Waals surface area contributed by atoms with Gasteiger partial charge in [0.2, 0.25) is 0 Å². The highest BCUT2D eigenvalue weighted by molar-refractivity contribution is 5.40. The summed E-state index contributed by atoms with van der Waals surface area (Å²) in [6.07, 6.45) is 0. The highest BCUT2D eigenvalue weighted by Crippen LogP contribution is 2.00. The smallest absolute Gasteiger partial charge is 0.0485 e. The maximum atomic E-state index is 8.12. The molecule has 4 N–H and O–H groups in total. The molecule has 5 nitrogen and oxygen atoms in total. The molecular weight excluding hydrogens is 182 g/mol. The molecule has 68 valence electrons. The van der Waals surface area contributed by atoms with Crippen molar-refractivity contribution in [3.8, 4) is 0 Å². The van der Waals surface area contributed by atoms with Crippen molar-refractivity contribution in [3.63, 3.8) is 0 Å². The third kappa shape index (κ3) is 6.79. The predicted molar refractivity (Wildman–Crippen MR) is 41.9 cm³/mol. The summed E-state index contributed by atoms with van der Waals surface area (Å²) in [5.41, 5.74) is 3.46. The van der Waals surface area contributed by atoms with Crippen LogP contribution in [0.5, 0.6) is 0 Å². The fourth-order valence-corrected chi connectivity index (χ4v) is 0.534. The molecule has 0 aliphatic rings. The van der Waals surface area contributed by atoms with Gasteiger partial charge in [0.1, 0.15) is 0 Å². The number of hydrogen-bond acceptors (Lipinski definition) is 4. The number of nitrogen functional groups attached to an aromatic ring is 1. The monoisotopic (exact) mass is 190 g/mol. The molecule has 6 heteroatoms. The van der Waals surface area contributed by atoms with Gasteiger partial charge in [-0.25, -0.2) is 0 Å². The fraction of sp³-hybridized carbons (Fsp3) is 0. The molecule has 1 aromatic rings. The number of benzene rings is 1. The molecule has 12 heavy (non-hydrogen) atoms. The maximum absolute atomic E-state index is 8.12. The van der Waals surface area contributed by atoms with E-state index in [2.05, 4.69) is 5.43 Å². The molecule has 1 rings (SSSR count). The first-order valence-corrected chi connectivity index (χ1v) is 2.86. The molecule has 0 atom stereocenters. The van der Waals surface area contributed by atoms with Crippen LogP contribution in [-0.2, 0) is 0 Å². The van der Waals surface area contributed by atoms with Gasteiger partial charge in [0.25, 0.3) is 0 Å². The Morgan fingerprint density at radius 1 is 1.33 bits per heavy atom. The molecule has 0 unspecified atom stereocenters. The molecule has 0 saturated carbocycles. The molecule has 0 saturated heterocycles. The lowest BCUT2D eigenvalue weighted by molar-refractivity contribution is -0.398. The predicted octanol–water partition coefficient (Wildman–Crippen LogP) is -3.69. The van der Waals surface area contributed by atoms with Crippen molar-refractivity contribution in [2.75, 3.05) is 5.43 Å². The first-order valence-electron chi connectivity index (χ1n) is 2.86. The van der Waals surface area contributed by atoms with Crippen LogP contribution in [0, 0.1) is 10.1 Å². The minimum atomic E-state index is 0. The van der Waals surface area contributed by atoms with Crippen molar-refractivity contribution in [1.29, 1.82) is 0 Å². The van der Waals surface area contributed by atoms with E-state index in [-0.39, 0.29) is 17.7 Å². The van der Waals surface area contributed by atoms with Crippen molar-refractivity contribution in [2.24, 2.45) is 5.84 Å². The first-order chi connectivity index (χ1) is 5.35. The summed E-state index contributed by atoms with van der Waals surface area (Å²) < 4.78 is 0. The molecular formula is C6H9ClN3O2-. The van der Waals surface area contributed by atoms with E-state index in [0.717, 1.165) is 5.69 Å². The number of rotatable bonds is 1. The third-order valence-corrected chi connectivity index (χ3v) is 0.940. The van der Waals surface area contributed by atoms with Gasteiger partial charge >= 0.3 is 0 Å². The normalized spacial score (nSPS) is 6.75. The number of nitrogens with two attached hydrogens (primary N) is 1. The number of para-hydroxylation sites is 1. The van der Waals surface area contributed by atoms with Crippen LogP contribution in [0.15, 0.2) is 30.3 Å². The Kier molecular flexibility index (Phi) is 10.7. The molecule has 0 aromatic heterocycles. The summed E-state index contributed by atoms with van der Waals surface area (Å²) in [5.74, 6) is 5.10. The van der Waals surface area contributed by atoms with Gasteiger partial charge in [-0.3, -0.25) is 16.0 Å². The summed E-state index contributed by atoms with van der Waals surface area (Å²) in [7, 11) is 0. The summed E-state index contributed by atoms with van der Waals surface area (Å²) in [6.45, 7) is 0. The number of halogens is 1. The van der Waals surface area contributed by atoms with E-state index in [1.54, 1.807) is 0 Å². The van der Waals surface area contributed by atoms with Crippen LogP contribution in [-0.4, -0.2) is 0 Å². The average molecular weight is 191 g/mol. The van der Waals surface area contributed by atoms with Crippen molar-refractivity contribution in [1.82, 2.24) is 0 Å². The second-order valence-electron chi connectivity index (χ2n) is 1.59. The molecule has 0 fully saturated rings. The van der Waals surface area contributed by atoms with Gasteiger partial charge in [-0.05, 0) is 12.1 Å². The molecule has 0 radical (unpaired) electrons. The topological polar surface area (TPSA) is 92.2 Å². The maximum Gasteiger partial charge on any atom is 0.0485 e.